The molecule has 0 amide bonds. The Bertz CT molecular complexity index is 578. The second-order valence-electron chi connectivity index (χ2n) is 7.79. The van der Waals surface area contributed by atoms with Gasteiger partial charge in [-0.05, 0) is 56.3 Å². The third-order valence-electron chi connectivity index (χ3n) is 4.48. The van der Waals surface area contributed by atoms with Gasteiger partial charge in [0.05, 0.1) is 22.8 Å². The number of nitrogens with zero attached hydrogens (tertiary/aromatic N) is 1. The standard InChI is InChI=1S/C17H24BNO2/c1-15(2,3)13-8-12(11-19)9-14(10-13)18-20-16(4,5)17(6,7)21-18/h8-10H,1-7H3. The maximum absolute atomic E-state index is 9.27. The zero-order valence-electron chi connectivity index (χ0n) is 14.1. The average Bonchev–Trinajstić information content (AvgIpc) is 2.57. The van der Waals surface area contributed by atoms with Crippen molar-refractivity contribution in [3.05, 3.63) is 29.3 Å². The van der Waals surface area contributed by atoms with E-state index in [4.69, 9.17) is 9.31 Å². The van der Waals surface area contributed by atoms with Crippen molar-refractivity contribution in [3.63, 3.8) is 0 Å². The molecule has 1 heterocycles. The Morgan fingerprint density at radius 1 is 1.00 bits per heavy atom. The molecule has 0 bridgehead atoms. The van der Waals surface area contributed by atoms with Crippen LogP contribution in [0.4, 0.5) is 0 Å². The minimum Gasteiger partial charge on any atom is -0.399 e. The number of hydrogen-bond acceptors (Lipinski definition) is 3. The molecule has 1 aliphatic rings. The molecule has 4 heteroatoms. The van der Waals surface area contributed by atoms with Gasteiger partial charge in [0.2, 0.25) is 0 Å². The molecule has 1 aromatic rings. The first-order chi connectivity index (χ1) is 9.46. The Kier molecular flexibility index (Phi) is 3.72. The summed E-state index contributed by atoms with van der Waals surface area (Å²) in [6.45, 7) is 14.5. The van der Waals surface area contributed by atoms with Crippen LogP contribution < -0.4 is 5.46 Å². The van der Waals surface area contributed by atoms with Crippen molar-refractivity contribution < 1.29 is 9.31 Å². The van der Waals surface area contributed by atoms with Gasteiger partial charge in [0.15, 0.2) is 0 Å². The van der Waals surface area contributed by atoms with Gasteiger partial charge >= 0.3 is 7.12 Å². The first-order valence-electron chi connectivity index (χ1n) is 7.37. The van der Waals surface area contributed by atoms with Crippen molar-refractivity contribution in [1.82, 2.24) is 0 Å². The van der Waals surface area contributed by atoms with E-state index < -0.39 is 7.12 Å². The van der Waals surface area contributed by atoms with Gasteiger partial charge in [-0.2, -0.15) is 5.26 Å². The number of rotatable bonds is 1. The summed E-state index contributed by atoms with van der Waals surface area (Å²) in [6, 6.07) is 8.12. The van der Waals surface area contributed by atoms with E-state index in [1.54, 1.807) is 0 Å². The third kappa shape index (κ3) is 3.00. The highest BCUT2D eigenvalue weighted by atomic mass is 16.7. The van der Waals surface area contributed by atoms with Crippen LogP contribution in [0.1, 0.15) is 59.6 Å². The van der Waals surface area contributed by atoms with Crippen LogP contribution >= 0.6 is 0 Å². The maximum atomic E-state index is 9.27. The van der Waals surface area contributed by atoms with Gasteiger partial charge < -0.3 is 9.31 Å². The Morgan fingerprint density at radius 3 is 1.95 bits per heavy atom. The molecule has 0 aromatic heterocycles. The average molecular weight is 285 g/mol. The first kappa shape index (κ1) is 16.1. The van der Waals surface area contributed by atoms with Crippen molar-refractivity contribution in [2.24, 2.45) is 0 Å². The molecule has 0 aliphatic carbocycles. The summed E-state index contributed by atoms with van der Waals surface area (Å²) in [5, 5.41) is 9.27. The van der Waals surface area contributed by atoms with Gasteiger partial charge in [0.1, 0.15) is 0 Å². The summed E-state index contributed by atoms with van der Waals surface area (Å²) in [5.74, 6) is 0. The fraction of sp³-hybridized carbons (Fsp3) is 0.588. The molecule has 0 unspecified atom stereocenters. The van der Waals surface area contributed by atoms with Crippen LogP contribution in [0, 0.1) is 11.3 Å². The monoisotopic (exact) mass is 285 g/mol. The van der Waals surface area contributed by atoms with Crippen LogP contribution in [0.25, 0.3) is 0 Å². The summed E-state index contributed by atoms with van der Waals surface area (Å²) in [6.07, 6.45) is 0. The second-order valence-corrected chi connectivity index (χ2v) is 7.79. The van der Waals surface area contributed by atoms with E-state index in [-0.39, 0.29) is 16.6 Å². The zero-order chi connectivity index (χ0) is 16.1. The van der Waals surface area contributed by atoms with Gasteiger partial charge in [0, 0.05) is 0 Å². The van der Waals surface area contributed by atoms with Crippen LogP contribution in [-0.2, 0) is 14.7 Å². The SMILES string of the molecule is CC(C)(C)c1cc(C#N)cc(B2OC(C)(C)C(C)(C)O2)c1. The van der Waals surface area contributed by atoms with Crippen molar-refractivity contribution in [3.8, 4) is 6.07 Å². The lowest BCUT2D eigenvalue weighted by Crippen LogP contribution is -2.41. The normalized spacial score (nSPS) is 20.4. The van der Waals surface area contributed by atoms with E-state index in [0.717, 1.165) is 11.0 Å². The molecule has 0 saturated carbocycles. The van der Waals surface area contributed by atoms with Gasteiger partial charge in [-0.15, -0.1) is 0 Å². The summed E-state index contributed by atoms with van der Waals surface area (Å²) in [7, 11) is -0.426. The van der Waals surface area contributed by atoms with Gasteiger partial charge in [-0.3, -0.25) is 0 Å². The second kappa shape index (κ2) is 4.86. The molecule has 0 N–H and O–H groups in total. The Morgan fingerprint density at radius 2 is 1.52 bits per heavy atom. The molecule has 3 nitrogen and oxygen atoms in total. The smallest absolute Gasteiger partial charge is 0.399 e. The predicted octanol–water partition coefficient (Wildman–Crippen LogP) is 3.15. The van der Waals surface area contributed by atoms with Crippen LogP contribution in [0.15, 0.2) is 18.2 Å². The highest BCUT2D eigenvalue weighted by Gasteiger charge is 2.51. The molecule has 1 fully saturated rings. The highest BCUT2D eigenvalue weighted by molar-refractivity contribution is 6.62. The minimum absolute atomic E-state index is 0.0226. The van der Waals surface area contributed by atoms with Crippen molar-refractivity contribution >= 4 is 12.6 Å². The highest BCUT2D eigenvalue weighted by Crippen LogP contribution is 2.36. The lowest BCUT2D eigenvalue weighted by Gasteiger charge is -2.32. The largest absolute Gasteiger partial charge is 0.494 e. The maximum Gasteiger partial charge on any atom is 0.494 e. The van der Waals surface area contributed by atoms with E-state index in [2.05, 4.69) is 32.9 Å². The summed E-state index contributed by atoms with van der Waals surface area (Å²) >= 11 is 0. The van der Waals surface area contributed by atoms with Crippen molar-refractivity contribution in [1.29, 1.82) is 5.26 Å². The first-order valence-corrected chi connectivity index (χ1v) is 7.37. The molecule has 2 rings (SSSR count). The van der Waals surface area contributed by atoms with Crippen LogP contribution in [0.3, 0.4) is 0 Å². The quantitative estimate of drug-likeness (QED) is 0.744. The fourth-order valence-corrected chi connectivity index (χ4v) is 2.26. The molecule has 1 saturated heterocycles. The van der Waals surface area contributed by atoms with Gasteiger partial charge in [-0.1, -0.05) is 26.8 Å². The molecule has 1 aromatic carbocycles. The summed E-state index contributed by atoms with van der Waals surface area (Å²) in [4.78, 5) is 0. The van der Waals surface area contributed by atoms with Crippen molar-refractivity contribution in [2.75, 3.05) is 0 Å². The topological polar surface area (TPSA) is 42.2 Å². The molecule has 0 spiro atoms. The molecule has 21 heavy (non-hydrogen) atoms. The number of nitriles is 1. The Hall–Kier alpha value is -1.31. The molecule has 0 radical (unpaired) electrons. The molecule has 1 aliphatic heterocycles. The lowest BCUT2D eigenvalue weighted by atomic mass is 9.74. The Labute approximate surface area is 128 Å². The summed E-state index contributed by atoms with van der Waals surface area (Å²) < 4.78 is 12.2. The zero-order valence-corrected chi connectivity index (χ0v) is 14.1. The van der Waals surface area contributed by atoms with E-state index in [1.807, 2.05) is 39.8 Å². The molecular weight excluding hydrogens is 261 g/mol. The lowest BCUT2D eigenvalue weighted by molar-refractivity contribution is 0.00578. The minimum atomic E-state index is -0.426. The summed E-state index contributed by atoms with van der Waals surface area (Å²) in [5.41, 5.74) is 1.91. The van der Waals surface area contributed by atoms with Crippen molar-refractivity contribution in [2.45, 2.75) is 65.1 Å². The van der Waals surface area contributed by atoms with E-state index in [1.165, 1.54) is 0 Å². The van der Waals surface area contributed by atoms with E-state index in [0.29, 0.717) is 5.56 Å². The molecular formula is C17H24BNO2. The number of hydrogen-bond donors (Lipinski definition) is 0. The third-order valence-corrected chi connectivity index (χ3v) is 4.48. The van der Waals surface area contributed by atoms with Gasteiger partial charge in [-0.25, -0.2) is 0 Å². The van der Waals surface area contributed by atoms with E-state index in [9.17, 15) is 5.26 Å². The van der Waals surface area contributed by atoms with Crippen LogP contribution in [0.2, 0.25) is 0 Å². The van der Waals surface area contributed by atoms with E-state index >= 15 is 0 Å². The number of benzene rings is 1. The van der Waals surface area contributed by atoms with Crippen LogP contribution in [0.5, 0.6) is 0 Å². The van der Waals surface area contributed by atoms with Gasteiger partial charge in [0.25, 0.3) is 0 Å². The predicted molar refractivity (Wildman–Crippen MR) is 85.6 cm³/mol. The molecule has 0 atom stereocenters. The van der Waals surface area contributed by atoms with Crippen LogP contribution in [-0.4, -0.2) is 18.3 Å². The molecule has 112 valence electrons. The fourth-order valence-electron chi connectivity index (χ4n) is 2.26. The Balaban J connectivity index is 2.45.